The highest BCUT2D eigenvalue weighted by atomic mass is 33.1. The fraction of sp³-hybridized carbons (Fsp3) is 0.273. The molecular weight excluding hydrogens is 275 g/mol. The lowest BCUT2D eigenvalue weighted by molar-refractivity contribution is 0.0827. The van der Waals surface area contributed by atoms with Gasteiger partial charge < -0.3 is 4.90 Å². The van der Waals surface area contributed by atoms with Crippen molar-refractivity contribution in [2.75, 3.05) is 21.1 Å². The summed E-state index contributed by atoms with van der Waals surface area (Å²) in [5.41, 5.74) is 0.587. The molecule has 0 saturated carbocycles. The molecule has 0 N–H and O–H groups in total. The zero-order valence-electron chi connectivity index (χ0n) is 10.2. The van der Waals surface area contributed by atoms with Gasteiger partial charge in [-0.2, -0.15) is 0 Å². The second kappa shape index (κ2) is 6.65. The quantitative estimate of drug-likeness (QED) is 0.369. The number of carbonyl (C=O) groups is 2. The molecule has 1 aromatic carbocycles. The van der Waals surface area contributed by atoms with E-state index in [0.29, 0.717) is 5.56 Å². The number of benzene rings is 1. The van der Waals surface area contributed by atoms with Crippen molar-refractivity contribution < 1.29 is 14.0 Å². The first-order valence-electron chi connectivity index (χ1n) is 5.01. The van der Waals surface area contributed by atoms with Gasteiger partial charge in [-0.3, -0.25) is 9.10 Å². The lowest BCUT2D eigenvalue weighted by atomic mass is 10.2. The van der Waals surface area contributed by atoms with Crippen LogP contribution in [0.15, 0.2) is 29.2 Å². The summed E-state index contributed by atoms with van der Waals surface area (Å²) in [6.45, 7) is 0. The number of halogens is 1. The van der Waals surface area contributed by atoms with Gasteiger partial charge in [0.1, 0.15) is 0 Å². The first-order chi connectivity index (χ1) is 8.41. The maximum Gasteiger partial charge on any atom is 0.410 e. The molecule has 7 heteroatoms. The standard InChI is InChI=1S/C11H13FN2O2S2/c1-13(2)10(15)8-4-6-9(7-5-8)17-18-14(3)11(12)16/h4-7H,1-3H3. The maximum absolute atomic E-state index is 12.3. The molecule has 4 nitrogen and oxygen atoms in total. The molecule has 0 fully saturated rings. The molecule has 0 aliphatic heterocycles. The highest BCUT2D eigenvalue weighted by Crippen LogP contribution is 2.33. The number of amides is 2. The molecule has 0 saturated heterocycles. The Morgan fingerprint density at radius 3 is 2.11 bits per heavy atom. The molecule has 0 spiro atoms. The van der Waals surface area contributed by atoms with Gasteiger partial charge in [0.15, 0.2) is 0 Å². The Hall–Kier alpha value is -1.21. The largest absolute Gasteiger partial charge is 0.410 e. The molecule has 0 aliphatic rings. The number of hydrogen-bond acceptors (Lipinski definition) is 4. The van der Waals surface area contributed by atoms with Gasteiger partial charge in [-0.25, -0.2) is 4.79 Å². The van der Waals surface area contributed by atoms with Gasteiger partial charge in [0.2, 0.25) is 0 Å². The first-order valence-corrected chi connectivity index (χ1v) is 7.12. The average molecular weight is 288 g/mol. The molecule has 1 aromatic rings. The van der Waals surface area contributed by atoms with Crippen molar-refractivity contribution in [1.82, 2.24) is 9.21 Å². The Balaban J connectivity index is 2.61. The van der Waals surface area contributed by atoms with Crippen molar-refractivity contribution in [3.63, 3.8) is 0 Å². The summed E-state index contributed by atoms with van der Waals surface area (Å²) in [4.78, 5) is 24.3. The van der Waals surface area contributed by atoms with E-state index in [4.69, 9.17) is 0 Å². The van der Waals surface area contributed by atoms with Crippen molar-refractivity contribution in [3.8, 4) is 0 Å². The van der Waals surface area contributed by atoms with Crippen LogP contribution in [-0.4, -0.2) is 42.4 Å². The molecule has 18 heavy (non-hydrogen) atoms. The van der Waals surface area contributed by atoms with Crippen LogP contribution in [0, 0.1) is 0 Å². The van der Waals surface area contributed by atoms with Crippen LogP contribution >= 0.6 is 21.8 Å². The third-order valence-electron chi connectivity index (χ3n) is 2.00. The summed E-state index contributed by atoms with van der Waals surface area (Å²) in [6.07, 6.45) is -1.49. The number of nitrogens with zero attached hydrogens (tertiary/aromatic N) is 2. The van der Waals surface area contributed by atoms with E-state index in [-0.39, 0.29) is 5.91 Å². The Labute approximate surface area is 113 Å². The molecule has 0 heterocycles. The zero-order chi connectivity index (χ0) is 13.7. The SMILES string of the molecule is CN(C)C(=O)c1ccc(SSN(C)C(=O)F)cc1. The van der Waals surface area contributed by atoms with Crippen LogP contribution in [0.5, 0.6) is 0 Å². The van der Waals surface area contributed by atoms with Crippen LogP contribution in [0.3, 0.4) is 0 Å². The minimum Gasteiger partial charge on any atom is -0.345 e. The van der Waals surface area contributed by atoms with Crippen molar-refractivity contribution in [1.29, 1.82) is 0 Å². The van der Waals surface area contributed by atoms with Crippen LogP contribution in [0.4, 0.5) is 9.18 Å². The normalized spacial score (nSPS) is 10.0. The Morgan fingerprint density at radius 1 is 1.11 bits per heavy atom. The van der Waals surface area contributed by atoms with Crippen LogP contribution in [0.2, 0.25) is 0 Å². The molecule has 0 radical (unpaired) electrons. The van der Waals surface area contributed by atoms with Gasteiger partial charge in [-0.05, 0) is 35.1 Å². The Bertz CT molecular complexity index is 437. The lowest BCUT2D eigenvalue weighted by Gasteiger charge is -2.11. The predicted molar refractivity (Wildman–Crippen MR) is 72.2 cm³/mol. The van der Waals surface area contributed by atoms with Gasteiger partial charge in [-0.15, -0.1) is 4.39 Å². The van der Waals surface area contributed by atoms with Crippen molar-refractivity contribution in [3.05, 3.63) is 29.8 Å². The molecule has 1 rings (SSSR count). The first kappa shape index (κ1) is 14.8. The van der Waals surface area contributed by atoms with E-state index in [1.165, 1.54) is 22.7 Å². The van der Waals surface area contributed by atoms with Gasteiger partial charge in [-0.1, -0.05) is 0 Å². The number of hydrogen-bond donors (Lipinski definition) is 0. The topological polar surface area (TPSA) is 40.6 Å². The molecule has 0 atom stereocenters. The number of carbonyl (C=O) groups excluding carboxylic acids is 2. The lowest BCUT2D eigenvalue weighted by Crippen LogP contribution is -2.21. The fourth-order valence-corrected chi connectivity index (χ4v) is 2.65. The summed E-state index contributed by atoms with van der Waals surface area (Å²) < 4.78 is 13.2. The van der Waals surface area contributed by atoms with Gasteiger partial charge in [0, 0.05) is 42.6 Å². The Morgan fingerprint density at radius 2 is 1.67 bits per heavy atom. The molecule has 0 bridgehead atoms. The van der Waals surface area contributed by atoms with E-state index in [9.17, 15) is 14.0 Å². The third kappa shape index (κ3) is 4.23. The van der Waals surface area contributed by atoms with Crippen LogP contribution < -0.4 is 0 Å². The summed E-state index contributed by atoms with van der Waals surface area (Å²) in [6, 6.07) is 6.90. The van der Waals surface area contributed by atoms with E-state index in [1.54, 1.807) is 38.4 Å². The third-order valence-corrected chi connectivity index (χ3v) is 4.38. The molecule has 2 amide bonds. The maximum atomic E-state index is 12.3. The van der Waals surface area contributed by atoms with Crippen LogP contribution in [0.1, 0.15) is 10.4 Å². The predicted octanol–water partition coefficient (Wildman–Crippen LogP) is 3.07. The highest BCUT2D eigenvalue weighted by molar-refractivity contribution is 8.75. The fourth-order valence-electron chi connectivity index (χ4n) is 1.04. The van der Waals surface area contributed by atoms with E-state index >= 15 is 0 Å². The van der Waals surface area contributed by atoms with Crippen molar-refractivity contribution in [2.24, 2.45) is 0 Å². The highest BCUT2D eigenvalue weighted by Gasteiger charge is 2.10. The molecule has 0 aromatic heterocycles. The molecule has 0 aliphatic carbocycles. The number of rotatable bonds is 4. The summed E-state index contributed by atoms with van der Waals surface area (Å²) in [7, 11) is 6.95. The summed E-state index contributed by atoms with van der Waals surface area (Å²) in [5, 5.41) is 0. The van der Waals surface area contributed by atoms with E-state index < -0.39 is 6.16 Å². The second-order valence-corrected chi connectivity index (χ2v) is 5.91. The minimum absolute atomic E-state index is 0.0738. The smallest absolute Gasteiger partial charge is 0.345 e. The second-order valence-electron chi connectivity index (χ2n) is 3.63. The summed E-state index contributed by atoms with van der Waals surface area (Å²) >= 11 is 0. The molecular formula is C11H13FN2O2S2. The van der Waals surface area contributed by atoms with E-state index in [0.717, 1.165) is 20.2 Å². The van der Waals surface area contributed by atoms with Gasteiger partial charge in [0.05, 0.1) is 0 Å². The van der Waals surface area contributed by atoms with Crippen LogP contribution in [0.25, 0.3) is 0 Å². The Kier molecular flexibility index (Phi) is 5.49. The van der Waals surface area contributed by atoms with Crippen molar-refractivity contribution in [2.45, 2.75) is 4.90 Å². The van der Waals surface area contributed by atoms with E-state index in [2.05, 4.69) is 0 Å². The van der Waals surface area contributed by atoms with E-state index in [1.807, 2.05) is 0 Å². The molecule has 0 unspecified atom stereocenters. The zero-order valence-corrected chi connectivity index (χ0v) is 11.8. The molecule has 98 valence electrons. The van der Waals surface area contributed by atoms with Gasteiger partial charge >= 0.3 is 6.16 Å². The van der Waals surface area contributed by atoms with Crippen molar-refractivity contribution >= 4 is 33.8 Å². The minimum atomic E-state index is -1.49. The van der Waals surface area contributed by atoms with Crippen LogP contribution in [-0.2, 0) is 0 Å². The monoisotopic (exact) mass is 288 g/mol. The average Bonchev–Trinajstić information content (AvgIpc) is 2.35. The van der Waals surface area contributed by atoms with Gasteiger partial charge in [0.25, 0.3) is 5.91 Å². The summed E-state index contributed by atoms with van der Waals surface area (Å²) in [5.74, 6) is -0.0738.